The van der Waals surface area contributed by atoms with Crippen LogP contribution < -0.4 is 11.0 Å². The highest BCUT2D eigenvalue weighted by molar-refractivity contribution is 5.86. The number of aromatic nitrogens is 2. The molecule has 0 aliphatic carbocycles. The number of hydrogen-bond acceptors (Lipinski definition) is 3. The molecule has 1 aliphatic rings. The highest BCUT2D eigenvalue weighted by Gasteiger charge is 2.26. The Morgan fingerprint density at radius 3 is 2.57 bits per heavy atom. The van der Waals surface area contributed by atoms with E-state index >= 15 is 0 Å². The lowest BCUT2D eigenvalue weighted by atomic mass is 9.90. The molecular formula is C22H26N4O2. The third-order valence-corrected chi connectivity index (χ3v) is 5.56. The molecule has 0 spiro atoms. The Kier molecular flexibility index (Phi) is 5.19. The second-order valence-electron chi connectivity index (χ2n) is 7.66. The summed E-state index contributed by atoms with van der Waals surface area (Å²) in [5.41, 5.74) is 3.46. The molecule has 1 amide bonds. The van der Waals surface area contributed by atoms with Crippen LogP contribution in [0.3, 0.4) is 0 Å². The number of carbonyl (C=O) groups excluding carboxylic acids is 1. The van der Waals surface area contributed by atoms with Crippen molar-refractivity contribution in [2.45, 2.75) is 32.2 Å². The van der Waals surface area contributed by atoms with E-state index in [-0.39, 0.29) is 17.6 Å². The highest BCUT2D eigenvalue weighted by atomic mass is 16.2. The molecule has 0 unspecified atom stereocenters. The SMILES string of the molecule is C[C@@H](Nc1ccc2[nH]c(=O)[nH]c2c1)C(=O)N1CCC(Cc2ccccc2)CC1. The maximum Gasteiger partial charge on any atom is 0.323 e. The molecular weight excluding hydrogens is 352 g/mol. The number of anilines is 1. The number of imidazole rings is 1. The van der Waals surface area contributed by atoms with Crippen molar-refractivity contribution in [3.05, 3.63) is 64.6 Å². The Balaban J connectivity index is 1.32. The first-order chi connectivity index (χ1) is 13.6. The van der Waals surface area contributed by atoms with Gasteiger partial charge in [0.1, 0.15) is 6.04 Å². The summed E-state index contributed by atoms with van der Waals surface area (Å²) >= 11 is 0. The lowest BCUT2D eigenvalue weighted by Gasteiger charge is -2.34. The number of aromatic amines is 2. The first-order valence-corrected chi connectivity index (χ1v) is 9.90. The Morgan fingerprint density at radius 2 is 1.82 bits per heavy atom. The Bertz CT molecular complexity index is 1000. The molecule has 146 valence electrons. The number of benzene rings is 2. The van der Waals surface area contributed by atoms with Gasteiger partial charge in [-0.2, -0.15) is 0 Å². The molecule has 1 aliphatic heterocycles. The van der Waals surface area contributed by atoms with Crippen LogP contribution >= 0.6 is 0 Å². The van der Waals surface area contributed by atoms with Gasteiger partial charge in [-0.25, -0.2) is 4.79 Å². The molecule has 1 fully saturated rings. The predicted octanol–water partition coefficient (Wildman–Crippen LogP) is 3.14. The third-order valence-electron chi connectivity index (χ3n) is 5.56. The van der Waals surface area contributed by atoms with E-state index in [2.05, 4.69) is 39.6 Å². The molecule has 1 saturated heterocycles. The van der Waals surface area contributed by atoms with Crippen molar-refractivity contribution >= 4 is 22.6 Å². The van der Waals surface area contributed by atoms with Crippen LogP contribution in [-0.4, -0.2) is 39.9 Å². The molecule has 2 aromatic carbocycles. The first-order valence-electron chi connectivity index (χ1n) is 9.90. The zero-order valence-corrected chi connectivity index (χ0v) is 16.1. The van der Waals surface area contributed by atoms with Gasteiger partial charge in [0.05, 0.1) is 11.0 Å². The van der Waals surface area contributed by atoms with Gasteiger partial charge in [-0.1, -0.05) is 30.3 Å². The van der Waals surface area contributed by atoms with Gasteiger partial charge in [-0.3, -0.25) is 4.79 Å². The van der Waals surface area contributed by atoms with Crippen molar-refractivity contribution in [1.29, 1.82) is 0 Å². The monoisotopic (exact) mass is 378 g/mol. The van der Waals surface area contributed by atoms with Gasteiger partial charge in [-0.05, 0) is 55.9 Å². The van der Waals surface area contributed by atoms with Gasteiger partial charge >= 0.3 is 5.69 Å². The minimum Gasteiger partial charge on any atom is -0.374 e. The number of amides is 1. The molecule has 1 atom stereocenters. The fourth-order valence-corrected chi connectivity index (χ4v) is 4.01. The van der Waals surface area contributed by atoms with E-state index in [9.17, 15) is 9.59 Å². The van der Waals surface area contributed by atoms with E-state index in [4.69, 9.17) is 0 Å². The van der Waals surface area contributed by atoms with Gasteiger partial charge in [-0.15, -0.1) is 0 Å². The molecule has 6 heteroatoms. The molecule has 0 saturated carbocycles. The summed E-state index contributed by atoms with van der Waals surface area (Å²) in [6.07, 6.45) is 3.18. The van der Waals surface area contributed by atoms with Crippen molar-refractivity contribution < 1.29 is 4.79 Å². The Labute approximate surface area is 164 Å². The number of nitrogens with zero attached hydrogens (tertiary/aromatic N) is 1. The number of hydrogen-bond donors (Lipinski definition) is 3. The number of fused-ring (bicyclic) bond motifs is 1. The van der Waals surface area contributed by atoms with Crippen LogP contribution in [0.25, 0.3) is 11.0 Å². The van der Waals surface area contributed by atoms with Crippen molar-refractivity contribution in [1.82, 2.24) is 14.9 Å². The van der Waals surface area contributed by atoms with E-state index in [0.29, 0.717) is 5.92 Å². The standard InChI is InChI=1S/C22H26N4O2/c1-15(23-18-7-8-19-20(14-18)25-22(28)24-19)21(27)26-11-9-17(10-12-26)13-16-5-3-2-4-6-16/h2-8,14-15,17,23H,9-13H2,1H3,(H2,24,25,28)/t15-/m1/s1. The lowest BCUT2D eigenvalue weighted by molar-refractivity contribution is -0.133. The smallest absolute Gasteiger partial charge is 0.323 e. The van der Waals surface area contributed by atoms with Crippen LogP contribution in [0.4, 0.5) is 5.69 Å². The average Bonchev–Trinajstić information content (AvgIpc) is 3.08. The molecule has 1 aromatic heterocycles. The van der Waals surface area contributed by atoms with E-state index < -0.39 is 0 Å². The summed E-state index contributed by atoms with van der Waals surface area (Å²) in [5.74, 6) is 0.767. The summed E-state index contributed by atoms with van der Waals surface area (Å²) in [6.45, 7) is 3.52. The second-order valence-corrected chi connectivity index (χ2v) is 7.66. The zero-order valence-electron chi connectivity index (χ0n) is 16.1. The predicted molar refractivity (Wildman–Crippen MR) is 111 cm³/mol. The maximum absolute atomic E-state index is 12.8. The molecule has 28 heavy (non-hydrogen) atoms. The first kappa shape index (κ1) is 18.3. The molecule has 6 nitrogen and oxygen atoms in total. The number of H-pyrrole nitrogens is 2. The summed E-state index contributed by atoms with van der Waals surface area (Å²) in [5, 5.41) is 3.26. The van der Waals surface area contributed by atoms with Gasteiger partial charge in [0.25, 0.3) is 0 Å². The third kappa shape index (κ3) is 4.11. The zero-order chi connectivity index (χ0) is 19.5. The number of nitrogens with one attached hydrogen (secondary N) is 3. The van der Waals surface area contributed by atoms with E-state index in [1.807, 2.05) is 36.1 Å². The summed E-state index contributed by atoms with van der Waals surface area (Å²) in [4.78, 5) is 31.7. The average molecular weight is 378 g/mol. The molecule has 0 radical (unpaired) electrons. The topological polar surface area (TPSA) is 81.0 Å². The minimum absolute atomic E-state index is 0.126. The van der Waals surface area contributed by atoms with Crippen LogP contribution in [0.15, 0.2) is 53.3 Å². The lowest BCUT2D eigenvalue weighted by Crippen LogP contribution is -2.45. The summed E-state index contributed by atoms with van der Waals surface area (Å²) in [7, 11) is 0. The van der Waals surface area contributed by atoms with Crippen molar-refractivity contribution in [2.75, 3.05) is 18.4 Å². The van der Waals surface area contributed by atoms with E-state index in [1.54, 1.807) is 0 Å². The van der Waals surface area contributed by atoms with Crippen molar-refractivity contribution in [3.63, 3.8) is 0 Å². The largest absolute Gasteiger partial charge is 0.374 e. The maximum atomic E-state index is 12.8. The Morgan fingerprint density at radius 1 is 1.11 bits per heavy atom. The fraction of sp³-hybridized carbons (Fsp3) is 0.364. The van der Waals surface area contributed by atoms with Crippen LogP contribution in [0, 0.1) is 5.92 Å². The van der Waals surface area contributed by atoms with Crippen LogP contribution in [-0.2, 0) is 11.2 Å². The fourth-order valence-electron chi connectivity index (χ4n) is 4.01. The summed E-state index contributed by atoms with van der Waals surface area (Å²) < 4.78 is 0. The number of piperidine rings is 1. The van der Waals surface area contributed by atoms with E-state index in [0.717, 1.165) is 49.1 Å². The van der Waals surface area contributed by atoms with Gasteiger partial charge in [0, 0.05) is 18.8 Å². The normalized spacial score (nSPS) is 16.2. The van der Waals surface area contributed by atoms with E-state index in [1.165, 1.54) is 5.56 Å². The Hall–Kier alpha value is -3.02. The van der Waals surface area contributed by atoms with Gasteiger partial charge < -0.3 is 20.2 Å². The van der Waals surface area contributed by atoms with Gasteiger partial charge in [0.2, 0.25) is 5.91 Å². The second kappa shape index (κ2) is 7.92. The molecule has 2 heterocycles. The van der Waals surface area contributed by atoms with Crippen LogP contribution in [0.1, 0.15) is 25.3 Å². The van der Waals surface area contributed by atoms with Crippen LogP contribution in [0.2, 0.25) is 0 Å². The van der Waals surface area contributed by atoms with Crippen molar-refractivity contribution in [3.8, 4) is 0 Å². The quantitative estimate of drug-likeness (QED) is 0.638. The molecule has 0 bridgehead atoms. The molecule has 3 N–H and O–H groups in total. The number of rotatable bonds is 5. The molecule has 3 aromatic rings. The van der Waals surface area contributed by atoms with Crippen LogP contribution in [0.5, 0.6) is 0 Å². The number of carbonyl (C=O) groups is 1. The van der Waals surface area contributed by atoms with Gasteiger partial charge in [0.15, 0.2) is 0 Å². The highest BCUT2D eigenvalue weighted by Crippen LogP contribution is 2.23. The number of likely N-dealkylation sites (tertiary alicyclic amines) is 1. The summed E-state index contributed by atoms with van der Waals surface area (Å²) in [6, 6.07) is 15.8. The minimum atomic E-state index is -0.311. The van der Waals surface area contributed by atoms with Crippen molar-refractivity contribution in [2.24, 2.45) is 5.92 Å². The molecule has 4 rings (SSSR count).